The van der Waals surface area contributed by atoms with E-state index in [0.717, 1.165) is 6.26 Å². The van der Waals surface area contributed by atoms with E-state index in [1.165, 1.54) is 18.2 Å². The van der Waals surface area contributed by atoms with Crippen molar-refractivity contribution >= 4 is 44.7 Å². The van der Waals surface area contributed by atoms with Crippen molar-refractivity contribution in [3.63, 3.8) is 0 Å². The summed E-state index contributed by atoms with van der Waals surface area (Å²) in [5.74, 6) is -2.13. The number of ketones is 1. The van der Waals surface area contributed by atoms with Gasteiger partial charge in [-0.25, -0.2) is 8.42 Å². The number of fused-ring (bicyclic) bond motifs is 2. The Morgan fingerprint density at radius 1 is 1.26 bits per heavy atom. The molecule has 2 bridgehead atoms. The molecule has 144 valence electrons. The molecule has 0 amide bonds. The Balaban J connectivity index is 2.14. The van der Waals surface area contributed by atoms with Crippen LogP contribution in [0.4, 0.5) is 0 Å². The molecule has 1 aromatic rings. The molecular formula is C18H18ClNO6S. The van der Waals surface area contributed by atoms with Gasteiger partial charge in [0.05, 0.1) is 21.2 Å². The maximum Gasteiger partial charge on any atom is 0.325 e. The number of aliphatic hydroxyl groups is 1. The second-order valence-corrected chi connectivity index (χ2v) is 9.23. The average molecular weight is 412 g/mol. The summed E-state index contributed by atoms with van der Waals surface area (Å²) in [6.07, 6.45) is 2.99. The topological polar surface area (TPSA) is 121 Å². The van der Waals surface area contributed by atoms with Crippen LogP contribution in [0.5, 0.6) is 0 Å². The maximum absolute atomic E-state index is 12.8. The molecule has 2 atom stereocenters. The number of aliphatic imine (C=N–C) groups is 1. The third-order valence-electron chi connectivity index (χ3n) is 4.94. The van der Waals surface area contributed by atoms with Crippen molar-refractivity contribution in [2.75, 3.05) is 12.8 Å². The molecule has 2 aliphatic carbocycles. The smallest absolute Gasteiger partial charge is 0.325 e. The molecule has 9 heteroatoms. The van der Waals surface area contributed by atoms with Gasteiger partial charge in [0.25, 0.3) is 0 Å². The average Bonchev–Trinajstić information content (AvgIpc) is 3.01. The lowest BCUT2D eigenvalue weighted by Crippen LogP contribution is -2.31. The first-order chi connectivity index (χ1) is 12.6. The van der Waals surface area contributed by atoms with Gasteiger partial charge < -0.3 is 10.2 Å². The summed E-state index contributed by atoms with van der Waals surface area (Å²) in [4.78, 5) is 27.8. The van der Waals surface area contributed by atoms with E-state index in [4.69, 9.17) is 16.7 Å². The lowest BCUT2D eigenvalue weighted by molar-refractivity contribution is -0.135. The molecule has 0 spiro atoms. The van der Waals surface area contributed by atoms with Crippen molar-refractivity contribution in [2.24, 2.45) is 16.8 Å². The number of nitrogens with zero attached hydrogens (tertiary/aromatic N) is 1. The van der Waals surface area contributed by atoms with Crippen LogP contribution < -0.4 is 0 Å². The summed E-state index contributed by atoms with van der Waals surface area (Å²) in [6, 6.07) is 3.84. The number of halogens is 1. The highest BCUT2D eigenvalue weighted by molar-refractivity contribution is 7.90. The monoisotopic (exact) mass is 411 g/mol. The molecule has 3 rings (SSSR count). The number of carboxylic acids is 1. The second kappa shape index (κ2) is 7.09. The molecular weight excluding hydrogens is 394 g/mol. The van der Waals surface area contributed by atoms with Gasteiger partial charge >= 0.3 is 5.97 Å². The van der Waals surface area contributed by atoms with Gasteiger partial charge in [-0.05, 0) is 37.5 Å². The van der Waals surface area contributed by atoms with Crippen molar-refractivity contribution in [1.29, 1.82) is 0 Å². The number of hydrogen-bond donors (Lipinski definition) is 2. The minimum atomic E-state index is -3.48. The van der Waals surface area contributed by atoms with Crippen molar-refractivity contribution in [3.8, 4) is 0 Å². The SMILES string of the molecule is CS(=O)(=O)c1ccc(/C(O)=C2\C(=O)C3CCC(C3)C2=NCC(=O)O)c(Cl)c1. The van der Waals surface area contributed by atoms with Crippen molar-refractivity contribution < 1.29 is 28.2 Å². The molecule has 2 aliphatic rings. The number of sulfone groups is 1. The quantitative estimate of drug-likeness (QED) is 0.580. The van der Waals surface area contributed by atoms with Crippen LogP contribution in [0.25, 0.3) is 5.76 Å². The first kappa shape index (κ1) is 19.6. The highest BCUT2D eigenvalue weighted by Crippen LogP contribution is 2.43. The van der Waals surface area contributed by atoms with Crippen LogP contribution in [-0.2, 0) is 19.4 Å². The predicted molar refractivity (Wildman–Crippen MR) is 99.9 cm³/mol. The Kier molecular flexibility index (Phi) is 5.14. The van der Waals surface area contributed by atoms with E-state index in [1.54, 1.807) is 0 Å². The number of hydrogen-bond acceptors (Lipinski definition) is 6. The minimum absolute atomic E-state index is 0.0102. The van der Waals surface area contributed by atoms with Crippen LogP contribution in [0.15, 0.2) is 33.7 Å². The zero-order valence-electron chi connectivity index (χ0n) is 14.5. The first-order valence-corrected chi connectivity index (χ1v) is 10.6. The number of Topliss-reactive ketones (excluding diaryl/α,β-unsaturated/α-hetero) is 1. The van der Waals surface area contributed by atoms with Gasteiger partial charge in [-0.3, -0.25) is 14.6 Å². The minimum Gasteiger partial charge on any atom is -0.506 e. The number of rotatable bonds is 4. The Morgan fingerprint density at radius 3 is 2.52 bits per heavy atom. The van der Waals surface area contributed by atoms with Gasteiger partial charge in [0.15, 0.2) is 15.6 Å². The van der Waals surface area contributed by atoms with E-state index in [0.29, 0.717) is 19.3 Å². The Bertz CT molecular complexity index is 995. The fourth-order valence-electron chi connectivity index (χ4n) is 3.65. The molecule has 2 saturated carbocycles. The van der Waals surface area contributed by atoms with Crippen molar-refractivity contribution in [2.45, 2.75) is 24.2 Å². The molecule has 0 aromatic heterocycles. The molecule has 0 heterocycles. The number of aliphatic hydroxyl groups excluding tert-OH is 1. The van der Waals surface area contributed by atoms with E-state index < -0.39 is 28.1 Å². The maximum atomic E-state index is 12.8. The fraction of sp³-hybridized carbons (Fsp3) is 0.389. The van der Waals surface area contributed by atoms with E-state index in [1.807, 2.05) is 0 Å². The number of benzene rings is 1. The highest BCUT2D eigenvalue weighted by Gasteiger charge is 2.44. The highest BCUT2D eigenvalue weighted by atomic mass is 35.5. The van der Waals surface area contributed by atoms with Crippen LogP contribution in [0.1, 0.15) is 24.8 Å². The third-order valence-corrected chi connectivity index (χ3v) is 6.36. The zero-order chi connectivity index (χ0) is 19.9. The largest absolute Gasteiger partial charge is 0.506 e. The summed E-state index contributed by atoms with van der Waals surface area (Å²) in [5.41, 5.74) is 0.387. The lowest BCUT2D eigenvalue weighted by atomic mass is 9.80. The fourth-order valence-corrected chi connectivity index (χ4v) is 4.64. The summed E-state index contributed by atoms with van der Waals surface area (Å²) in [5, 5.41) is 19.7. The molecule has 27 heavy (non-hydrogen) atoms. The molecule has 2 unspecified atom stereocenters. The summed E-state index contributed by atoms with van der Waals surface area (Å²) >= 11 is 6.16. The Morgan fingerprint density at radius 2 is 1.93 bits per heavy atom. The van der Waals surface area contributed by atoms with E-state index in [9.17, 15) is 23.1 Å². The van der Waals surface area contributed by atoms with Gasteiger partial charge in [-0.15, -0.1) is 0 Å². The molecule has 0 aliphatic heterocycles. The second-order valence-electron chi connectivity index (χ2n) is 6.80. The summed E-state index contributed by atoms with van der Waals surface area (Å²) in [7, 11) is -3.48. The van der Waals surface area contributed by atoms with Crippen molar-refractivity contribution in [1.82, 2.24) is 0 Å². The van der Waals surface area contributed by atoms with E-state index >= 15 is 0 Å². The first-order valence-electron chi connectivity index (χ1n) is 8.33. The van der Waals surface area contributed by atoms with Gasteiger partial charge in [-0.2, -0.15) is 0 Å². The number of allylic oxidation sites excluding steroid dienone is 1. The molecule has 1 aromatic carbocycles. The van der Waals surface area contributed by atoms with Gasteiger partial charge in [0.2, 0.25) is 0 Å². The number of aliphatic carboxylic acids is 1. The van der Waals surface area contributed by atoms with Gasteiger partial charge in [-0.1, -0.05) is 11.6 Å². The Hall–Kier alpha value is -2.19. The molecule has 0 saturated heterocycles. The number of carbonyl (C=O) groups is 2. The third kappa shape index (κ3) is 3.77. The summed E-state index contributed by atoms with van der Waals surface area (Å²) < 4.78 is 23.3. The number of carboxylic acid groups (broad SMARTS) is 1. The molecule has 0 radical (unpaired) electrons. The zero-order valence-corrected chi connectivity index (χ0v) is 16.0. The van der Waals surface area contributed by atoms with Crippen LogP contribution in [0.2, 0.25) is 5.02 Å². The van der Waals surface area contributed by atoms with Crippen LogP contribution in [0.3, 0.4) is 0 Å². The molecule has 2 fully saturated rings. The van der Waals surface area contributed by atoms with Crippen LogP contribution in [0, 0.1) is 11.8 Å². The van der Waals surface area contributed by atoms with Crippen LogP contribution in [-0.4, -0.2) is 48.9 Å². The lowest BCUT2D eigenvalue weighted by Gasteiger charge is -2.24. The molecule has 2 N–H and O–H groups in total. The Labute approximate surface area is 161 Å². The van der Waals surface area contributed by atoms with Gasteiger partial charge in [0.1, 0.15) is 12.3 Å². The van der Waals surface area contributed by atoms with Crippen LogP contribution >= 0.6 is 11.6 Å². The van der Waals surface area contributed by atoms with E-state index in [2.05, 4.69) is 4.99 Å². The summed E-state index contributed by atoms with van der Waals surface area (Å²) in [6.45, 7) is -0.499. The molecule has 7 nitrogen and oxygen atoms in total. The van der Waals surface area contributed by atoms with Crippen molar-refractivity contribution in [3.05, 3.63) is 34.4 Å². The predicted octanol–water partition coefficient (Wildman–Crippen LogP) is 2.54. The number of carbonyl (C=O) groups excluding carboxylic acids is 1. The van der Waals surface area contributed by atoms with E-state index in [-0.39, 0.29) is 44.4 Å². The normalized spacial score (nSPS) is 25.7. The standard InChI is InChI=1S/C18H18ClNO6S/c1-27(25,26)11-4-5-12(13(19)7-11)18(24)15-16(20-8-14(21)22)9-2-3-10(6-9)17(15)23/h4-5,7,9-10,24H,2-3,6,8H2,1H3,(H,21,22)/b18-15+,20-16?. The van der Waals surface area contributed by atoms with Gasteiger partial charge in [0, 0.05) is 23.7 Å².